The Hall–Kier alpha value is -1.10. The lowest BCUT2D eigenvalue weighted by Crippen LogP contribution is -2.26. The molecule has 2 atom stereocenters. The van der Waals surface area contributed by atoms with Crippen LogP contribution in [0.5, 0.6) is 0 Å². The summed E-state index contributed by atoms with van der Waals surface area (Å²) in [5, 5.41) is 1.02. The first kappa shape index (κ1) is 18.7. The second-order valence-corrected chi connectivity index (χ2v) is 7.60. The number of aliphatic imine (C=N–C) groups is 1. The van der Waals surface area contributed by atoms with Crippen LogP contribution in [0.3, 0.4) is 0 Å². The lowest BCUT2D eigenvalue weighted by molar-refractivity contribution is -0.152. The van der Waals surface area contributed by atoms with Gasteiger partial charge < -0.3 is 9.47 Å². The molecule has 0 aromatic heterocycles. The zero-order chi connectivity index (χ0) is 17.8. The number of nitrogens with zero attached hydrogens (tertiary/aromatic N) is 1. The molecule has 0 bridgehead atoms. The highest BCUT2D eigenvalue weighted by molar-refractivity contribution is 6.42. The van der Waals surface area contributed by atoms with Gasteiger partial charge in [-0.25, -0.2) is 0 Å². The Morgan fingerprint density at radius 2 is 1.96 bits per heavy atom. The Balaban J connectivity index is 1.62. The van der Waals surface area contributed by atoms with Crippen molar-refractivity contribution in [1.82, 2.24) is 0 Å². The maximum absolute atomic E-state index is 12.2. The fraction of sp³-hybridized carbons (Fsp3) is 0.579. The van der Waals surface area contributed by atoms with Gasteiger partial charge in [0.2, 0.25) is 0 Å². The van der Waals surface area contributed by atoms with Crippen molar-refractivity contribution in [2.75, 3.05) is 13.2 Å². The van der Waals surface area contributed by atoms with Crippen molar-refractivity contribution in [3.63, 3.8) is 0 Å². The van der Waals surface area contributed by atoms with Crippen LogP contribution in [0.4, 0.5) is 0 Å². The summed E-state index contributed by atoms with van der Waals surface area (Å²) < 4.78 is 10.8. The monoisotopic (exact) mass is 383 g/mol. The Morgan fingerprint density at radius 1 is 1.24 bits per heavy atom. The molecule has 1 saturated heterocycles. The fourth-order valence-corrected chi connectivity index (χ4v) is 3.20. The number of ether oxygens (including phenoxy) is 2. The highest BCUT2D eigenvalue weighted by Crippen LogP contribution is 2.34. The molecule has 2 fully saturated rings. The minimum atomic E-state index is -0.177. The number of carbonyl (C=O) groups is 1. The number of rotatable bonds is 6. The minimum Gasteiger partial charge on any atom is -0.462 e. The van der Waals surface area contributed by atoms with Gasteiger partial charge in [0.15, 0.2) is 0 Å². The van der Waals surface area contributed by atoms with E-state index in [9.17, 15) is 4.79 Å². The standard InChI is InChI=1S/C19H23Cl2NO3/c1-12-10-18(12)22-17(13-2-3-15(20)16(21)11-13)4-5-19(23)25-14-6-8-24-9-7-14/h2-3,11-12,14,18H,4-10H2,1H3. The summed E-state index contributed by atoms with van der Waals surface area (Å²) in [7, 11) is 0. The van der Waals surface area contributed by atoms with E-state index in [0.717, 1.165) is 30.5 Å². The number of hydrogen-bond acceptors (Lipinski definition) is 4. The topological polar surface area (TPSA) is 47.9 Å². The van der Waals surface area contributed by atoms with Crippen molar-refractivity contribution in [2.45, 2.75) is 51.2 Å². The Labute approximate surface area is 158 Å². The molecule has 25 heavy (non-hydrogen) atoms. The molecule has 0 spiro atoms. The van der Waals surface area contributed by atoms with Crippen molar-refractivity contribution in [1.29, 1.82) is 0 Å². The normalized spacial score (nSPS) is 24.2. The van der Waals surface area contributed by atoms with Gasteiger partial charge in [-0.3, -0.25) is 9.79 Å². The molecule has 1 saturated carbocycles. The average Bonchev–Trinajstić information content (AvgIpc) is 3.30. The molecular formula is C19H23Cl2NO3. The Kier molecular flexibility index (Phi) is 6.37. The summed E-state index contributed by atoms with van der Waals surface area (Å²) in [4.78, 5) is 17.0. The third kappa shape index (κ3) is 5.44. The van der Waals surface area contributed by atoms with E-state index in [1.807, 2.05) is 12.1 Å². The molecular weight excluding hydrogens is 361 g/mol. The van der Waals surface area contributed by atoms with Crippen LogP contribution < -0.4 is 0 Å². The van der Waals surface area contributed by atoms with Crippen molar-refractivity contribution in [3.8, 4) is 0 Å². The van der Waals surface area contributed by atoms with E-state index < -0.39 is 0 Å². The van der Waals surface area contributed by atoms with Gasteiger partial charge in [0.25, 0.3) is 0 Å². The van der Waals surface area contributed by atoms with Crippen molar-refractivity contribution >= 4 is 34.9 Å². The molecule has 1 aromatic carbocycles. The number of esters is 1. The summed E-state index contributed by atoms with van der Waals surface area (Å²) in [5.74, 6) is 0.426. The molecule has 0 N–H and O–H groups in total. The molecule has 4 nitrogen and oxygen atoms in total. The SMILES string of the molecule is CC1CC1N=C(CCC(=O)OC1CCOCC1)c1ccc(Cl)c(Cl)c1. The Bertz CT molecular complexity index is 656. The highest BCUT2D eigenvalue weighted by Gasteiger charge is 2.32. The van der Waals surface area contributed by atoms with Gasteiger partial charge in [0.1, 0.15) is 6.10 Å². The maximum Gasteiger partial charge on any atom is 0.306 e. The van der Waals surface area contributed by atoms with Crippen LogP contribution in [-0.2, 0) is 14.3 Å². The molecule has 0 amide bonds. The number of hydrogen-bond donors (Lipinski definition) is 0. The van der Waals surface area contributed by atoms with E-state index in [0.29, 0.717) is 48.1 Å². The van der Waals surface area contributed by atoms with Crippen LogP contribution in [-0.4, -0.2) is 37.0 Å². The van der Waals surface area contributed by atoms with E-state index in [-0.39, 0.29) is 12.1 Å². The van der Waals surface area contributed by atoms with Crippen LogP contribution in [0.25, 0.3) is 0 Å². The summed E-state index contributed by atoms with van der Waals surface area (Å²) in [6, 6.07) is 5.84. The van der Waals surface area contributed by atoms with Crippen molar-refractivity contribution in [3.05, 3.63) is 33.8 Å². The molecule has 0 radical (unpaired) electrons. The third-order valence-electron chi connectivity index (χ3n) is 4.67. The van der Waals surface area contributed by atoms with E-state index in [1.165, 1.54) is 0 Å². The van der Waals surface area contributed by atoms with Crippen LogP contribution in [0, 0.1) is 5.92 Å². The zero-order valence-electron chi connectivity index (χ0n) is 14.3. The molecule has 3 rings (SSSR count). The van der Waals surface area contributed by atoms with Gasteiger partial charge in [-0.15, -0.1) is 0 Å². The number of halogens is 2. The average molecular weight is 384 g/mol. The van der Waals surface area contributed by atoms with Crippen LogP contribution in [0.2, 0.25) is 10.0 Å². The largest absolute Gasteiger partial charge is 0.462 e. The van der Waals surface area contributed by atoms with E-state index in [4.69, 9.17) is 37.7 Å². The van der Waals surface area contributed by atoms with Gasteiger partial charge in [-0.2, -0.15) is 0 Å². The minimum absolute atomic E-state index is 0.0185. The predicted octanol–water partition coefficient (Wildman–Crippen LogP) is 4.69. The van der Waals surface area contributed by atoms with Crippen molar-refractivity contribution in [2.24, 2.45) is 10.9 Å². The maximum atomic E-state index is 12.2. The summed E-state index contributed by atoms with van der Waals surface area (Å²) in [6.07, 6.45) is 3.49. The quantitative estimate of drug-likeness (QED) is 0.528. The second kappa shape index (κ2) is 8.52. The molecule has 136 valence electrons. The summed E-state index contributed by atoms with van der Waals surface area (Å²) in [5.41, 5.74) is 1.82. The van der Waals surface area contributed by atoms with Gasteiger partial charge in [-0.05, 0) is 30.0 Å². The van der Waals surface area contributed by atoms with Gasteiger partial charge >= 0.3 is 5.97 Å². The van der Waals surface area contributed by atoms with Crippen LogP contribution in [0.1, 0.15) is 44.6 Å². The summed E-state index contributed by atoms with van der Waals surface area (Å²) >= 11 is 12.1. The second-order valence-electron chi connectivity index (χ2n) is 6.79. The van der Waals surface area contributed by atoms with E-state index in [2.05, 4.69) is 6.92 Å². The zero-order valence-corrected chi connectivity index (χ0v) is 15.9. The van der Waals surface area contributed by atoms with E-state index >= 15 is 0 Å². The smallest absolute Gasteiger partial charge is 0.306 e. The van der Waals surface area contributed by atoms with Gasteiger partial charge in [0.05, 0.1) is 35.7 Å². The van der Waals surface area contributed by atoms with Gasteiger partial charge in [0, 0.05) is 25.0 Å². The Morgan fingerprint density at radius 3 is 2.60 bits per heavy atom. The summed E-state index contributed by atoms with van der Waals surface area (Å²) in [6.45, 7) is 3.50. The van der Waals surface area contributed by atoms with E-state index in [1.54, 1.807) is 6.07 Å². The van der Waals surface area contributed by atoms with Crippen LogP contribution in [0.15, 0.2) is 23.2 Å². The predicted molar refractivity (Wildman–Crippen MR) is 99.7 cm³/mol. The lowest BCUT2D eigenvalue weighted by Gasteiger charge is -2.22. The number of benzene rings is 1. The first-order chi connectivity index (χ1) is 12.0. The molecule has 1 heterocycles. The molecule has 2 aliphatic rings. The molecule has 1 aliphatic carbocycles. The van der Waals surface area contributed by atoms with Crippen molar-refractivity contribution < 1.29 is 14.3 Å². The highest BCUT2D eigenvalue weighted by atomic mass is 35.5. The number of carbonyl (C=O) groups excluding carboxylic acids is 1. The molecule has 1 aromatic rings. The van der Waals surface area contributed by atoms with Gasteiger partial charge in [-0.1, -0.05) is 36.2 Å². The fourth-order valence-electron chi connectivity index (χ4n) is 2.90. The molecule has 2 unspecified atom stereocenters. The third-order valence-corrected chi connectivity index (χ3v) is 5.41. The molecule has 6 heteroatoms. The first-order valence-corrected chi connectivity index (χ1v) is 9.58. The van der Waals surface area contributed by atoms with Crippen LogP contribution >= 0.6 is 23.2 Å². The first-order valence-electron chi connectivity index (χ1n) is 8.82. The lowest BCUT2D eigenvalue weighted by atomic mass is 10.1. The molecule has 1 aliphatic heterocycles.